The fourth-order valence-corrected chi connectivity index (χ4v) is 5.39. The Bertz CT molecular complexity index is 1050. The topological polar surface area (TPSA) is 111 Å². The van der Waals surface area contributed by atoms with E-state index in [0.29, 0.717) is 12.2 Å². The summed E-state index contributed by atoms with van der Waals surface area (Å²) in [5.41, 5.74) is 2.90. The van der Waals surface area contributed by atoms with Crippen molar-refractivity contribution in [2.75, 3.05) is 23.8 Å². The van der Waals surface area contributed by atoms with Gasteiger partial charge in [-0.05, 0) is 55.9 Å². The number of anilines is 2. The highest BCUT2D eigenvalue weighted by atomic mass is 32.1. The zero-order chi connectivity index (χ0) is 21.5. The lowest BCUT2D eigenvalue weighted by Gasteiger charge is -2.21. The van der Waals surface area contributed by atoms with Gasteiger partial charge in [0.1, 0.15) is 22.7 Å². The Morgan fingerprint density at radius 3 is 2.65 bits per heavy atom. The summed E-state index contributed by atoms with van der Waals surface area (Å²) in [5.74, 6) is 1.81. The summed E-state index contributed by atoms with van der Waals surface area (Å²) in [5, 5.41) is 38.0. The number of nitrogens with zero attached hydrogens (tertiary/aromatic N) is 2. The molecule has 7 nitrogen and oxygen atoms in total. The van der Waals surface area contributed by atoms with Gasteiger partial charge in [-0.25, -0.2) is 9.97 Å². The first-order chi connectivity index (χ1) is 15.0. The van der Waals surface area contributed by atoms with Gasteiger partial charge < -0.3 is 26.0 Å². The average Bonchev–Trinajstić information content (AvgIpc) is 3.44. The van der Waals surface area contributed by atoms with Gasteiger partial charge in [-0.3, -0.25) is 0 Å². The molecule has 31 heavy (non-hydrogen) atoms. The second kappa shape index (κ2) is 8.35. The van der Waals surface area contributed by atoms with E-state index in [1.807, 2.05) is 31.2 Å². The van der Waals surface area contributed by atoms with Crippen LogP contribution in [0.15, 0.2) is 30.3 Å². The van der Waals surface area contributed by atoms with E-state index in [-0.39, 0.29) is 12.5 Å². The Morgan fingerprint density at radius 2 is 1.94 bits per heavy atom. The summed E-state index contributed by atoms with van der Waals surface area (Å²) in [6.45, 7) is 2.80. The Morgan fingerprint density at radius 1 is 1.13 bits per heavy atom. The van der Waals surface area contributed by atoms with Crippen molar-refractivity contribution in [2.45, 2.75) is 44.4 Å². The zero-order valence-corrected chi connectivity index (χ0v) is 18.3. The van der Waals surface area contributed by atoms with Crippen molar-refractivity contribution < 1.29 is 15.3 Å². The molecule has 5 rings (SSSR count). The van der Waals surface area contributed by atoms with Crippen LogP contribution in [0.1, 0.15) is 24.8 Å². The quantitative estimate of drug-likeness (QED) is 0.384. The summed E-state index contributed by atoms with van der Waals surface area (Å²) >= 11 is 1.61. The van der Waals surface area contributed by atoms with Crippen LogP contribution in [0.4, 0.5) is 11.6 Å². The Kier molecular flexibility index (Phi) is 5.56. The maximum absolute atomic E-state index is 10.5. The van der Waals surface area contributed by atoms with Gasteiger partial charge in [0.05, 0.1) is 27.9 Å². The van der Waals surface area contributed by atoms with Crippen LogP contribution < -0.4 is 10.6 Å². The van der Waals surface area contributed by atoms with Gasteiger partial charge in [0.15, 0.2) is 0 Å². The molecule has 1 aromatic carbocycles. The maximum Gasteiger partial charge on any atom is 0.139 e. The lowest BCUT2D eigenvalue weighted by Crippen LogP contribution is -2.35. The summed E-state index contributed by atoms with van der Waals surface area (Å²) in [4.78, 5) is 9.67. The first kappa shape index (κ1) is 20.6. The number of aryl methyl sites for hydroxylation is 1. The van der Waals surface area contributed by atoms with Crippen molar-refractivity contribution in [2.24, 2.45) is 11.8 Å². The molecule has 2 aromatic heterocycles. The van der Waals surface area contributed by atoms with E-state index in [4.69, 9.17) is 9.97 Å². The molecular formula is C23H28N4O3S. The third kappa shape index (κ3) is 4.13. The highest BCUT2D eigenvalue weighted by Crippen LogP contribution is 2.39. The maximum atomic E-state index is 10.5. The van der Waals surface area contributed by atoms with Gasteiger partial charge in [0.25, 0.3) is 0 Å². The monoisotopic (exact) mass is 440 g/mol. The molecule has 0 saturated heterocycles. The van der Waals surface area contributed by atoms with Crippen molar-refractivity contribution in [1.82, 2.24) is 9.97 Å². The third-order valence-corrected chi connectivity index (χ3v) is 7.41. The number of para-hydroxylation sites is 1. The number of aromatic nitrogens is 2. The first-order valence-corrected chi connectivity index (χ1v) is 11.7. The van der Waals surface area contributed by atoms with Gasteiger partial charge in [-0.15, -0.1) is 11.3 Å². The Labute approximate surface area is 185 Å². The Balaban J connectivity index is 1.52. The molecule has 2 aliphatic rings. The van der Waals surface area contributed by atoms with E-state index in [2.05, 4.69) is 16.7 Å². The molecule has 0 radical (unpaired) electrons. The van der Waals surface area contributed by atoms with E-state index in [9.17, 15) is 15.3 Å². The van der Waals surface area contributed by atoms with Gasteiger partial charge >= 0.3 is 0 Å². The minimum Gasteiger partial charge on any atom is -0.396 e. The van der Waals surface area contributed by atoms with Crippen molar-refractivity contribution >= 4 is 33.2 Å². The molecule has 164 valence electrons. The van der Waals surface area contributed by atoms with Crippen LogP contribution in [0.3, 0.4) is 0 Å². The van der Waals surface area contributed by atoms with Crippen LogP contribution in [0, 0.1) is 18.8 Å². The predicted octanol–water partition coefficient (Wildman–Crippen LogP) is 3.00. The summed E-state index contributed by atoms with van der Waals surface area (Å²) in [6, 6.07) is 9.69. The highest BCUT2D eigenvalue weighted by Gasteiger charge is 2.41. The van der Waals surface area contributed by atoms with Crippen LogP contribution >= 0.6 is 11.3 Å². The molecule has 2 heterocycles. The van der Waals surface area contributed by atoms with E-state index in [1.54, 1.807) is 11.3 Å². The number of aliphatic hydroxyl groups is 3. The largest absolute Gasteiger partial charge is 0.396 e. The Hall–Kier alpha value is -2.26. The smallest absolute Gasteiger partial charge is 0.139 e. The lowest BCUT2D eigenvalue weighted by atomic mass is 10.1. The second-order valence-corrected chi connectivity index (χ2v) is 9.80. The van der Waals surface area contributed by atoms with Gasteiger partial charge in [0, 0.05) is 19.1 Å². The molecule has 5 N–H and O–H groups in total. The van der Waals surface area contributed by atoms with E-state index >= 15 is 0 Å². The number of benzene rings is 1. The number of nitrogens with one attached hydrogen (secondary N) is 2. The molecule has 2 fully saturated rings. The minimum absolute atomic E-state index is 0.156. The van der Waals surface area contributed by atoms with E-state index in [1.165, 1.54) is 12.8 Å². The van der Waals surface area contributed by atoms with Crippen molar-refractivity contribution in [1.29, 1.82) is 0 Å². The highest BCUT2D eigenvalue weighted by molar-refractivity contribution is 7.21. The first-order valence-electron chi connectivity index (χ1n) is 10.9. The van der Waals surface area contributed by atoms with E-state index in [0.717, 1.165) is 44.6 Å². The molecule has 0 aliphatic heterocycles. The van der Waals surface area contributed by atoms with Crippen molar-refractivity contribution in [3.05, 3.63) is 35.9 Å². The second-order valence-electron chi connectivity index (χ2n) is 8.77. The molecular weight excluding hydrogens is 412 g/mol. The predicted molar refractivity (Wildman–Crippen MR) is 123 cm³/mol. The standard InChI is InChI=1S/C23H28N4O3S/c1-12-8-18(24-10-13-6-7-13)27-22(25-16-9-14(11-28)20(29)21(16)30)19(12)23-26-15-4-2-3-5-17(15)31-23/h2-5,8,13-14,16,20-21,28-30H,6-7,9-11H2,1H3,(H2,24,25,27)/t14-,16?,20-,21+/m1/s1. The third-order valence-electron chi connectivity index (χ3n) is 6.35. The van der Waals surface area contributed by atoms with Crippen LogP contribution in [0.5, 0.6) is 0 Å². The van der Waals surface area contributed by atoms with Gasteiger partial charge in [-0.1, -0.05) is 12.1 Å². The van der Waals surface area contributed by atoms with Gasteiger partial charge in [0.2, 0.25) is 0 Å². The minimum atomic E-state index is -0.967. The van der Waals surface area contributed by atoms with Crippen LogP contribution in [-0.2, 0) is 0 Å². The number of hydrogen-bond donors (Lipinski definition) is 5. The molecule has 0 spiro atoms. The number of thiazole rings is 1. The fourth-order valence-electron chi connectivity index (χ4n) is 4.31. The van der Waals surface area contributed by atoms with Crippen molar-refractivity contribution in [3.63, 3.8) is 0 Å². The molecule has 1 unspecified atom stereocenters. The normalized spacial score (nSPS) is 25.8. The summed E-state index contributed by atoms with van der Waals surface area (Å²) in [7, 11) is 0. The SMILES string of the molecule is Cc1cc(NCC2CC2)nc(NC2C[C@H](CO)[C@@H](O)[C@H]2O)c1-c1nc2ccccc2s1. The summed E-state index contributed by atoms with van der Waals surface area (Å²) < 4.78 is 1.11. The molecule has 0 amide bonds. The average molecular weight is 441 g/mol. The number of aliphatic hydroxyl groups excluding tert-OH is 3. The van der Waals surface area contributed by atoms with Crippen molar-refractivity contribution in [3.8, 4) is 10.6 Å². The number of rotatable bonds is 7. The lowest BCUT2D eigenvalue weighted by molar-refractivity contribution is 0.00446. The molecule has 3 aromatic rings. The fraction of sp³-hybridized carbons (Fsp3) is 0.478. The molecule has 0 bridgehead atoms. The number of fused-ring (bicyclic) bond motifs is 1. The zero-order valence-electron chi connectivity index (χ0n) is 17.5. The van der Waals surface area contributed by atoms with Crippen LogP contribution in [-0.4, -0.2) is 56.7 Å². The summed E-state index contributed by atoms with van der Waals surface area (Å²) in [6.07, 6.45) is 1.07. The molecule has 2 saturated carbocycles. The molecule has 8 heteroatoms. The van der Waals surface area contributed by atoms with Crippen LogP contribution in [0.25, 0.3) is 20.8 Å². The van der Waals surface area contributed by atoms with Gasteiger partial charge in [-0.2, -0.15) is 0 Å². The number of pyridine rings is 1. The number of hydrogen-bond acceptors (Lipinski definition) is 8. The molecule has 2 aliphatic carbocycles. The van der Waals surface area contributed by atoms with E-state index < -0.39 is 18.2 Å². The van der Waals surface area contributed by atoms with Crippen LogP contribution in [0.2, 0.25) is 0 Å². The molecule has 4 atom stereocenters.